The van der Waals surface area contributed by atoms with Crippen molar-refractivity contribution >= 4 is 7.69 Å². The fraction of sp³-hybridized carbons (Fsp3) is 0. The predicted molar refractivity (Wildman–Crippen MR) is 63.1 cm³/mol. The molecule has 2 N–H and O–H groups in total. The van der Waals surface area contributed by atoms with E-state index < -0.39 is 34.8 Å². The van der Waals surface area contributed by atoms with Crippen LogP contribution in [0.3, 0.4) is 0 Å². The molecule has 0 fully saturated rings. The molecule has 0 spiro atoms. The van der Waals surface area contributed by atoms with E-state index in [1.807, 2.05) is 0 Å². The molecule has 0 unspecified atom stereocenters. The summed E-state index contributed by atoms with van der Waals surface area (Å²) in [6.07, 6.45) is 0. The van der Waals surface area contributed by atoms with Crippen molar-refractivity contribution in [2.75, 3.05) is 0 Å². The standard InChI is InChI=1S/C12H6BF4O4/c14-7-1-5(2-8(15)11(7)18)20-13-21-6-3-9(16)12(19)10(17)4-6/h1-4,18-19H. The summed E-state index contributed by atoms with van der Waals surface area (Å²) in [7, 11) is 0.566. The molecule has 109 valence electrons. The van der Waals surface area contributed by atoms with Gasteiger partial charge in [-0.1, -0.05) is 0 Å². The molecule has 0 amide bonds. The summed E-state index contributed by atoms with van der Waals surface area (Å²) < 4.78 is 61.3. The van der Waals surface area contributed by atoms with E-state index in [2.05, 4.69) is 0 Å². The summed E-state index contributed by atoms with van der Waals surface area (Å²) in [6.45, 7) is 0. The zero-order valence-corrected chi connectivity index (χ0v) is 10.1. The highest BCUT2D eigenvalue weighted by Gasteiger charge is 2.13. The van der Waals surface area contributed by atoms with Crippen LogP contribution in [0.1, 0.15) is 0 Å². The van der Waals surface area contributed by atoms with E-state index in [1.54, 1.807) is 0 Å². The highest BCUT2D eigenvalue weighted by atomic mass is 19.1. The Morgan fingerprint density at radius 1 is 0.667 bits per heavy atom. The van der Waals surface area contributed by atoms with E-state index in [0.29, 0.717) is 32.0 Å². The van der Waals surface area contributed by atoms with Gasteiger partial charge in [0.25, 0.3) is 0 Å². The van der Waals surface area contributed by atoms with Gasteiger partial charge in [-0.25, -0.2) is 17.6 Å². The SMILES string of the molecule is Oc1c(F)cc(O[B]Oc2cc(F)c(O)c(F)c2)cc1F. The average molecular weight is 301 g/mol. The fourth-order valence-corrected chi connectivity index (χ4v) is 1.36. The van der Waals surface area contributed by atoms with E-state index in [9.17, 15) is 17.6 Å². The molecule has 0 atom stereocenters. The molecular formula is C12H6BF4O4. The van der Waals surface area contributed by atoms with Gasteiger partial charge in [-0.2, -0.15) is 0 Å². The second-order valence-electron chi connectivity index (χ2n) is 3.80. The van der Waals surface area contributed by atoms with Gasteiger partial charge in [0, 0.05) is 24.3 Å². The van der Waals surface area contributed by atoms with Gasteiger partial charge >= 0.3 is 7.69 Å². The molecule has 0 bridgehead atoms. The van der Waals surface area contributed by atoms with Crippen molar-refractivity contribution in [3.05, 3.63) is 47.5 Å². The molecule has 0 aliphatic carbocycles. The number of phenolic OH excluding ortho intramolecular Hbond substituents is 2. The molecule has 0 saturated carbocycles. The summed E-state index contributed by atoms with van der Waals surface area (Å²) in [5, 5.41) is 17.7. The van der Waals surface area contributed by atoms with Crippen LogP contribution in [0.15, 0.2) is 24.3 Å². The summed E-state index contributed by atoms with van der Waals surface area (Å²) in [4.78, 5) is 0. The minimum absolute atomic E-state index is 0.345. The van der Waals surface area contributed by atoms with Crippen LogP contribution in [0.2, 0.25) is 0 Å². The molecule has 2 aromatic carbocycles. The Kier molecular flexibility index (Phi) is 4.11. The third kappa shape index (κ3) is 3.30. The topological polar surface area (TPSA) is 58.9 Å². The number of hydrogen-bond acceptors (Lipinski definition) is 4. The molecule has 0 saturated heterocycles. The van der Waals surface area contributed by atoms with Gasteiger partial charge < -0.3 is 19.5 Å². The first-order chi connectivity index (χ1) is 9.88. The Morgan fingerprint density at radius 2 is 0.952 bits per heavy atom. The third-order valence-corrected chi connectivity index (χ3v) is 2.35. The second kappa shape index (κ2) is 5.82. The van der Waals surface area contributed by atoms with Crippen molar-refractivity contribution in [2.45, 2.75) is 0 Å². The lowest BCUT2D eigenvalue weighted by Gasteiger charge is -2.08. The van der Waals surface area contributed by atoms with Crippen LogP contribution < -0.4 is 9.31 Å². The van der Waals surface area contributed by atoms with Crippen molar-refractivity contribution in [3.63, 3.8) is 0 Å². The molecule has 0 aliphatic heterocycles. The Bertz CT molecular complexity index is 577. The van der Waals surface area contributed by atoms with Crippen LogP contribution in [0.25, 0.3) is 0 Å². The first-order valence-corrected chi connectivity index (χ1v) is 5.39. The summed E-state index contributed by atoms with van der Waals surface area (Å²) in [5.41, 5.74) is 0. The third-order valence-electron chi connectivity index (χ3n) is 2.35. The predicted octanol–water partition coefficient (Wildman–Crippen LogP) is 2.65. The van der Waals surface area contributed by atoms with Crippen LogP contribution in [0, 0.1) is 23.3 Å². The normalized spacial score (nSPS) is 10.3. The van der Waals surface area contributed by atoms with Crippen LogP contribution >= 0.6 is 0 Å². The molecule has 2 rings (SSSR count). The maximum absolute atomic E-state index is 13.0. The maximum Gasteiger partial charge on any atom is 0.658 e. The van der Waals surface area contributed by atoms with Gasteiger partial charge in [-0.3, -0.25) is 0 Å². The first kappa shape index (κ1) is 14.8. The smallest absolute Gasteiger partial charge is 0.526 e. The largest absolute Gasteiger partial charge is 0.658 e. The molecule has 4 nitrogen and oxygen atoms in total. The average Bonchev–Trinajstić information content (AvgIpc) is 2.42. The fourth-order valence-electron chi connectivity index (χ4n) is 1.36. The minimum Gasteiger partial charge on any atom is -0.526 e. The second-order valence-corrected chi connectivity index (χ2v) is 3.80. The highest BCUT2D eigenvalue weighted by Crippen LogP contribution is 2.27. The number of aromatic hydroxyl groups is 2. The minimum atomic E-state index is -1.25. The molecule has 0 heterocycles. The summed E-state index contributed by atoms with van der Waals surface area (Å²) >= 11 is 0. The van der Waals surface area contributed by atoms with Crippen molar-refractivity contribution in [3.8, 4) is 23.0 Å². The maximum atomic E-state index is 13.0. The molecule has 0 aliphatic rings. The van der Waals surface area contributed by atoms with E-state index in [-0.39, 0.29) is 11.5 Å². The quantitative estimate of drug-likeness (QED) is 0.673. The monoisotopic (exact) mass is 301 g/mol. The van der Waals surface area contributed by atoms with Crippen molar-refractivity contribution in [1.82, 2.24) is 0 Å². The highest BCUT2D eigenvalue weighted by molar-refractivity contribution is 6.20. The number of benzene rings is 2. The van der Waals surface area contributed by atoms with Crippen LogP contribution in [0.5, 0.6) is 23.0 Å². The molecule has 2 aromatic rings. The molecular weight excluding hydrogens is 295 g/mol. The van der Waals surface area contributed by atoms with Gasteiger partial charge in [-0.15, -0.1) is 0 Å². The van der Waals surface area contributed by atoms with Gasteiger partial charge in [-0.05, 0) is 0 Å². The molecule has 21 heavy (non-hydrogen) atoms. The van der Waals surface area contributed by atoms with Crippen molar-refractivity contribution in [2.24, 2.45) is 0 Å². The van der Waals surface area contributed by atoms with Gasteiger partial charge in [0.1, 0.15) is 11.5 Å². The number of rotatable bonds is 4. The van der Waals surface area contributed by atoms with Crippen LogP contribution in [-0.4, -0.2) is 17.9 Å². The zero-order valence-electron chi connectivity index (χ0n) is 10.1. The van der Waals surface area contributed by atoms with Gasteiger partial charge in [0.2, 0.25) is 0 Å². The Hall–Kier alpha value is -2.58. The van der Waals surface area contributed by atoms with E-state index in [4.69, 9.17) is 19.5 Å². The van der Waals surface area contributed by atoms with E-state index >= 15 is 0 Å². The Labute approximate surface area is 116 Å². The number of phenols is 2. The van der Waals surface area contributed by atoms with Crippen LogP contribution in [-0.2, 0) is 0 Å². The lowest BCUT2D eigenvalue weighted by molar-refractivity contribution is 0.384. The Balaban J connectivity index is 2.02. The molecule has 9 heteroatoms. The van der Waals surface area contributed by atoms with Crippen molar-refractivity contribution < 1.29 is 37.1 Å². The number of hydrogen-bond donors (Lipinski definition) is 2. The van der Waals surface area contributed by atoms with Crippen LogP contribution in [0.4, 0.5) is 17.6 Å². The summed E-state index contributed by atoms with van der Waals surface area (Å²) in [5.74, 6) is -8.01. The zero-order chi connectivity index (χ0) is 15.6. The number of halogens is 4. The summed E-state index contributed by atoms with van der Waals surface area (Å²) in [6, 6.07) is 2.71. The lowest BCUT2D eigenvalue weighted by atomic mass is 10.2. The lowest BCUT2D eigenvalue weighted by Crippen LogP contribution is -2.11. The van der Waals surface area contributed by atoms with E-state index in [0.717, 1.165) is 0 Å². The van der Waals surface area contributed by atoms with Gasteiger partial charge in [0.15, 0.2) is 34.8 Å². The Morgan fingerprint density at radius 3 is 1.24 bits per heavy atom. The first-order valence-electron chi connectivity index (χ1n) is 5.39. The van der Waals surface area contributed by atoms with Crippen molar-refractivity contribution in [1.29, 1.82) is 0 Å². The molecule has 1 radical (unpaired) electrons. The van der Waals surface area contributed by atoms with E-state index in [1.165, 1.54) is 0 Å². The molecule has 0 aromatic heterocycles. The van der Waals surface area contributed by atoms with Gasteiger partial charge in [0.05, 0.1) is 0 Å².